The third-order valence-corrected chi connectivity index (χ3v) is 3.98. The van der Waals surface area contributed by atoms with Crippen molar-refractivity contribution < 1.29 is 17.9 Å². The Morgan fingerprint density at radius 3 is 2.57 bits per heavy atom. The van der Waals surface area contributed by atoms with Gasteiger partial charge < -0.3 is 4.74 Å². The lowest BCUT2D eigenvalue weighted by Gasteiger charge is -2.21. The van der Waals surface area contributed by atoms with Crippen LogP contribution >= 0.6 is 11.6 Å². The van der Waals surface area contributed by atoms with Crippen LogP contribution in [0.4, 0.5) is 13.2 Å². The van der Waals surface area contributed by atoms with Crippen molar-refractivity contribution in [2.24, 2.45) is 5.92 Å². The van der Waals surface area contributed by atoms with Gasteiger partial charge in [-0.2, -0.15) is 13.2 Å². The van der Waals surface area contributed by atoms with Crippen LogP contribution in [-0.4, -0.2) is 18.9 Å². The molecule has 124 valence electrons. The van der Waals surface area contributed by atoms with Gasteiger partial charge in [-0.3, -0.25) is 0 Å². The van der Waals surface area contributed by atoms with E-state index in [-0.39, 0.29) is 24.2 Å². The normalized spacial score (nSPS) is 19.9. The van der Waals surface area contributed by atoms with Gasteiger partial charge in [-0.05, 0) is 37.1 Å². The van der Waals surface area contributed by atoms with Gasteiger partial charge in [0, 0.05) is 10.9 Å². The highest BCUT2D eigenvalue weighted by atomic mass is 35.5. The fourth-order valence-electron chi connectivity index (χ4n) is 2.38. The number of alkyl halides is 3. The van der Waals surface area contributed by atoms with Crippen molar-refractivity contribution in [2.45, 2.75) is 25.6 Å². The highest BCUT2D eigenvalue weighted by molar-refractivity contribution is 6.30. The van der Waals surface area contributed by atoms with Crippen LogP contribution in [0.15, 0.2) is 54.6 Å². The molecule has 0 amide bonds. The van der Waals surface area contributed by atoms with Gasteiger partial charge in [0.25, 0.3) is 0 Å². The van der Waals surface area contributed by atoms with Gasteiger partial charge in [-0.1, -0.05) is 48.0 Å². The Labute approximate surface area is 139 Å². The number of allylic oxidation sites excluding steroid dienone is 4. The minimum absolute atomic E-state index is 0.0821. The zero-order valence-corrected chi connectivity index (χ0v) is 13.4. The van der Waals surface area contributed by atoms with E-state index in [1.165, 1.54) is 24.3 Å². The Hall–Kier alpha value is -1.52. The van der Waals surface area contributed by atoms with Crippen molar-refractivity contribution in [2.75, 3.05) is 6.61 Å². The molecule has 1 aliphatic carbocycles. The Morgan fingerprint density at radius 1 is 1.30 bits per heavy atom. The van der Waals surface area contributed by atoms with Gasteiger partial charge in [-0.15, -0.1) is 0 Å². The summed E-state index contributed by atoms with van der Waals surface area (Å²) in [6.45, 7) is 1.78. The molecule has 0 radical (unpaired) electrons. The maximum Gasteiger partial charge on any atom is 0.416 e. The van der Waals surface area contributed by atoms with Crippen LogP contribution in [0, 0.1) is 5.92 Å². The Balaban J connectivity index is 2.04. The molecule has 1 aliphatic rings. The molecule has 0 heterocycles. The second-order valence-electron chi connectivity index (χ2n) is 5.37. The third kappa shape index (κ3) is 5.26. The lowest BCUT2D eigenvalue weighted by Crippen LogP contribution is -2.20. The monoisotopic (exact) mass is 342 g/mol. The summed E-state index contributed by atoms with van der Waals surface area (Å²) in [6, 6.07) is 5.61. The summed E-state index contributed by atoms with van der Waals surface area (Å²) in [5.74, 6) is 0.193. The summed E-state index contributed by atoms with van der Waals surface area (Å²) < 4.78 is 45.2. The van der Waals surface area contributed by atoms with E-state index in [2.05, 4.69) is 0 Å². The minimum atomic E-state index is -4.44. The van der Waals surface area contributed by atoms with Crippen LogP contribution in [0.25, 0.3) is 5.57 Å². The van der Waals surface area contributed by atoms with Crippen LogP contribution in [0.2, 0.25) is 5.02 Å². The first-order valence-electron chi connectivity index (χ1n) is 7.36. The highest BCUT2D eigenvalue weighted by Crippen LogP contribution is 2.34. The van der Waals surface area contributed by atoms with Crippen LogP contribution in [-0.2, 0) is 4.74 Å². The summed E-state index contributed by atoms with van der Waals surface area (Å²) in [6.07, 6.45) is 5.25. The Morgan fingerprint density at radius 2 is 2.00 bits per heavy atom. The number of ether oxygens (including phenoxy) is 1. The van der Waals surface area contributed by atoms with Crippen LogP contribution in [0.1, 0.15) is 18.9 Å². The molecule has 0 N–H and O–H groups in total. The standard InChI is InChI=1S/C18H18ClF3O/c1-13(14-5-3-2-4-6-14)23-12-11-17(18(20,21)22)15-7-9-16(19)10-8-15/h2-5,7-11,13-14H,6,12H2,1H3/b17-11+/t13-,14?/m1/s1. The van der Waals surface area contributed by atoms with Crippen molar-refractivity contribution in [3.63, 3.8) is 0 Å². The molecular formula is C18H18ClF3O. The number of benzene rings is 1. The largest absolute Gasteiger partial charge is 0.416 e. The quantitative estimate of drug-likeness (QED) is 0.654. The Kier molecular flexibility index (Phi) is 6.08. The van der Waals surface area contributed by atoms with Gasteiger partial charge in [0.05, 0.1) is 18.3 Å². The van der Waals surface area contributed by atoms with E-state index in [0.717, 1.165) is 12.5 Å². The van der Waals surface area contributed by atoms with E-state index in [1.54, 1.807) is 0 Å². The van der Waals surface area contributed by atoms with Crippen molar-refractivity contribution >= 4 is 17.2 Å². The molecule has 0 bridgehead atoms. The van der Waals surface area contributed by atoms with Gasteiger partial charge in [0.2, 0.25) is 0 Å². The molecule has 1 nitrogen and oxygen atoms in total. The average molecular weight is 343 g/mol. The van der Waals surface area contributed by atoms with E-state index in [0.29, 0.717) is 5.02 Å². The molecule has 0 fully saturated rings. The fourth-order valence-corrected chi connectivity index (χ4v) is 2.51. The number of hydrogen-bond donors (Lipinski definition) is 0. The van der Waals surface area contributed by atoms with Crippen molar-refractivity contribution in [3.8, 4) is 0 Å². The molecule has 1 aromatic carbocycles. The maximum absolute atomic E-state index is 13.2. The zero-order valence-electron chi connectivity index (χ0n) is 12.7. The molecule has 0 saturated carbocycles. The van der Waals surface area contributed by atoms with Gasteiger partial charge in [0.1, 0.15) is 0 Å². The first-order valence-corrected chi connectivity index (χ1v) is 7.74. The molecule has 1 aromatic rings. The summed E-state index contributed by atoms with van der Waals surface area (Å²) in [5, 5.41) is 0.400. The summed E-state index contributed by atoms with van der Waals surface area (Å²) in [7, 11) is 0. The van der Waals surface area contributed by atoms with E-state index in [9.17, 15) is 13.2 Å². The molecule has 2 atom stereocenters. The minimum Gasteiger partial charge on any atom is -0.374 e. The average Bonchev–Trinajstić information content (AvgIpc) is 2.52. The highest BCUT2D eigenvalue weighted by Gasteiger charge is 2.34. The number of halogens is 4. The topological polar surface area (TPSA) is 9.23 Å². The van der Waals surface area contributed by atoms with Gasteiger partial charge >= 0.3 is 6.18 Å². The molecule has 0 aromatic heterocycles. The van der Waals surface area contributed by atoms with Crippen molar-refractivity contribution in [1.82, 2.24) is 0 Å². The van der Waals surface area contributed by atoms with Crippen LogP contribution in [0.3, 0.4) is 0 Å². The van der Waals surface area contributed by atoms with Crippen LogP contribution in [0.5, 0.6) is 0 Å². The van der Waals surface area contributed by atoms with E-state index in [4.69, 9.17) is 16.3 Å². The second kappa shape index (κ2) is 7.84. The summed E-state index contributed by atoms with van der Waals surface area (Å²) >= 11 is 5.73. The molecule has 2 rings (SSSR count). The van der Waals surface area contributed by atoms with Crippen molar-refractivity contribution in [1.29, 1.82) is 0 Å². The van der Waals surface area contributed by atoms with E-state index < -0.39 is 11.7 Å². The lowest BCUT2D eigenvalue weighted by molar-refractivity contribution is -0.0695. The molecule has 0 saturated heterocycles. The van der Waals surface area contributed by atoms with Gasteiger partial charge in [0.15, 0.2) is 0 Å². The SMILES string of the molecule is C[C@@H](OC/C=C(\c1ccc(Cl)cc1)C(F)(F)F)C1C=CC=CC1. The fraction of sp³-hybridized carbons (Fsp3) is 0.333. The van der Waals surface area contributed by atoms with Gasteiger partial charge in [-0.25, -0.2) is 0 Å². The smallest absolute Gasteiger partial charge is 0.374 e. The molecule has 0 spiro atoms. The predicted octanol–water partition coefficient (Wildman–Crippen LogP) is 5.82. The first-order chi connectivity index (χ1) is 10.9. The molecule has 5 heteroatoms. The first kappa shape index (κ1) is 17.8. The second-order valence-corrected chi connectivity index (χ2v) is 5.81. The van der Waals surface area contributed by atoms with E-state index in [1.807, 2.05) is 31.2 Å². The lowest BCUT2D eigenvalue weighted by atomic mass is 9.96. The number of rotatable bonds is 5. The molecule has 1 unspecified atom stereocenters. The van der Waals surface area contributed by atoms with E-state index >= 15 is 0 Å². The summed E-state index contributed by atoms with van der Waals surface area (Å²) in [5.41, 5.74) is -0.626. The predicted molar refractivity (Wildman–Crippen MR) is 87.3 cm³/mol. The van der Waals surface area contributed by atoms with Crippen LogP contribution < -0.4 is 0 Å². The molecular weight excluding hydrogens is 325 g/mol. The number of hydrogen-bond acceptors (Lipinski definition) is 1. The Bertz CT molecular complexity index is 600. The summed E-state index contributed by atoms with van der Waals surface area (Å²) in [4.78, 5) is 0. The van der Waals surface area contributed by atoms with Crippen molar-refractivity contribution in [3.05, 3.63) is 65.2 Å². The molecule has 23 heavy (non-hydrogen) atoms. The maximum atomic E-state index is 13.2. The zero-order chi connectivity index (χ0) is 16.9. The third-order valence-electron chi connectivity index (χ3n) is 3.72. The molecule has 0 aliphatic heterocycles.